The van der Waals surface area contributed by atoms with Crippen molar-refractivity contribution in [2.45, 2.75) is 25.8 Å². The molecule has 0 saturated heterocycles. The Labute approximate surface area is 94.4 Å². The summed E-state index contributed by atoms with van der Waals surface area (Å²) in [5.41, 5.74) is 5.59. The Balaban J connectivity index is 2.59. The molecule has 0 amide bonds. The zero-order valence-electron chi connectivity index (χ0n) is 9.47. The largest absolute Gasteiger partial charge is 0.492 e. The van der Waals surface area contributed by atoms with Crippen molar-refractivity contribution in [3.05, 3.63) is 34.4 Å². The van der Waals surface area contributed by atoms with E-state index < -0.39 is 4.92 Å². The minimum Gasteiger partial charge on any atom is -0.492 e. The molecule has 0 aliphatic rings. The van der Waals surface area contributed by atoms with E-state index in [9.17, 15) is 10.1 Å². The van der Waals surface area contributed by atoms with Crippen molar-refractivity contribution >= 4 is 5.69 Å². The summed E-state index contributed by atoms with van der Waals surface area (Å²) in [6.45, 7) is 4.28. The minimum absolute atomic E-state index is 0.0540. The number of non-ortho nitro benzene ring substituents is 1. The molecule has 1 unspecified atom stereocenters. The standard InChI is InChI=1S/C11H16N2O3/c1-3-11(2,12)8-16-10-6-4-9(5-7-10)13(14)15/h4-7H,3,8,12H2,1-2H3. The molecule has 0 bridgehead atoms. The van der Waals surface area contributed by atoms with E-state index in [2.05, 4.69) is 0 Å². The van der Waals surface area contributed by atoms with Crippen LogP contribution < -0.4 is 10.5 Å². The van der Waals surface area contributed by atoms with E-state index in [-0.39, 0.29) is 11.2 Å². The first-order chi connectivity index (χ1) is 7.44. The maximum atomic E-state index is 10.4. The lowest BCUT2D eigenvalue weighted by atomic mass is 10.0. The third kappa shape index (κ3) is 3.51. The maximum Gasteiger partial charge on any atom is 0.269 e. The van der Waals surface area contributed by atoms with Gasteiger partial charge in [0, 0.05) is 17.7 Å². The van der Waals surface area contributed by atoms with Crippen LogP contribution in [0.25, 0.3) is 0 Å². The van der Waals surface area contributed by atoms with Gasteiger partial charge in [0.05, 0.1) is 4.92 Å². The van der Waals surface area contributed by atoms with Gasteiger partial charge in [-0.15, -0.1) is 0 Å². The highest BCUT2D eigenvalue weighted by molar-refractivity contribution is 5.35. The molecule has 1 aromatic carbocycles. The molecule has 2 N–H and O–H groups in total. The SMILES string of the molecule is CCC(C)(N)COc1ccc([N+](=O)[O-])cc1. The van der Waals surface area contributed by atoms with Gasteiger partial charge in [0.25, 0.3) is 5.69 Å². The zero-order valence-corrected chi connectivity index (χ0v) is 9.47. The molecule has 5 nitrogen and oxygen atoms in total. The van der Waals surface area contributed by atoms with Crippen molar-refractivity contribution in [3.63, 3.8) is 0 Å². The average Bonchev–Trinajstić information content (AvgIpc) is 2.27. The van der Waals surface area contributed by atoms with Gasteiger partial charge < -0.3 is 10.5 Å². The van der Waals surface area contributed by atoms with Gasteiger partial charge in [0.1, 0.15) is 12.4 Å². The highest BCUT2D eigenvalue weighted by atomic mass is 16.6. The Morgan fingerprint density at radius 1 is 1.44 bits per heavy atom. The monoisotopic (exact) mass is 224 g/mol. The summed E-state index contributed by atoms with van der Waals surface area (Å²) in [4.78, 5) is 9.98. The number of nitro groups is 1. The number of nitrogens with zero attached hydrogens (tertiary/aromatic N) is 1. The van der Waals surface area contributed by atoms with Gasteiger partial charge in [0.15, 0.2) is 0 Å². The van der Waals surface area contributed by atoms with Crippen molar-refractivity contribution in [1.82, 2.24) is 0 Å². The van der Waals surface area contributed by atoms with E-state index in [1.807, 2.05) is 13.8 Å². The zero-order chi connectivity index (χ0) is 12.2. The van der Waals surface area contributed by atoms with Crippen LogP contribution in [-0.2, 0) is 0 Å². The lowest BCUT2D eigenvalue weighted by Crippen LogP contribution is -2.41. The second-order valence-electron chi connectivity index (χ2n) is 4.05. The van der Waals surface area contributed by atoms with Gasteiger partial charge in [0.2, 0.25) is 0 Å². The molecule has 1 atom stereocenters. The van der Waals surface area contributed by atoms with Crippen LogP contribution in [0.4, 0.5) is 5.69 Å². The number of benzene rings is 1. The van der Waals surface area contributed by atoms with Crippen LogP contribution in [0.1, 0.15) is 20.3 Å². The topological polar surface area (TPSA) is 78.4 Å². The Morgan fingerprint density at radius 3 is 2.44 bits per heavy atom. The van der Waals surface area contributed by atoms with Crippen molar-refractivity contribution in [2.75, 3.05) is 6.61 Å². The number of hydrogen-bond acceptors (Lipinski definition) is 4. The van der Waals surface area contributed by atoms with Crippen molar-refractivity contribution in [2.24, 2.45) is 5.73 Å². The second-order valence-corrected chi connectivity index (χ2v) is 4.05. The number of hydrogen-bond donors (Lipinski definition) is 1. The molecule has 1 aromatic rings. The summed E-state index contributed by atoms with van der Waals surface area (Å²) in [6, 6.07) is 5.97. The fourth-order valence-electron chi connectivity index (χ4n) is 1.01. The first-order valence-electron chi connectivity index (χ1n) is 5.11. The Morgan fingerprint density at radius 2 is 2.00 bits per heavy atom. The van der Waals surface area contributed by atoms with E-state index in [0.29, 0.717) is 12.4 Å². The maximum absolute atomic E-state index is 10.4. The third-order valence-electron chi connectivity index (χ3n) is 2.42. The Bertz CT molecular complexity index is 360. The lowest BCUT2D eigenvalue weighted by Gasteiger charge is -2.22. The molecule has 0 spiro atoms. The summed E-state index contributed by atoms with van der Waals surface area (Å²) in [6.07, 6.45) is 0.806. The molecule has 0 aromatic heterocycles. The van der Waals surface area contributed by atoms with E-state index >= 15 is 0 Å². The predicted molar refractivity (Wildman–Crippen MR) is 61.5 cm³/mol. The van der Waals surface area contributed by atoms with E-state index in [1.165, 1.54) is 12.1 Å². The predicted octanol–water partition coefficient (Wildman–Crippen LogP) is 2.10. The van der Waals surface area contributed by atoms with Crippen LogP contribution in [-0.4, -0.2) is 17.1 Å². The van der Waals surface area contributed by atoms with Crippen LogP contribution in [0.5, 0.6) is 5.75 Å². The molecule has 0 aliphatic heterocycles. The average molecular weight is 224 g/mol. The third-order valence-corrected chi connectivity index (χ3v) is 2.42. The summed E-state index contributed by atoms with van der Waals surface area (Å²) in [5.74, 6) is 0.593. The summed E-state index contributed by atoms with van der Waals surface area (Å²) < 4.78 is 5.45. The van der Waals surface area contributed by atoms with Gasteiger partial charge >= 0.3 is 0 Å². The summed E-state index contributed by atoms with van der Waals surface area (Å²) >= 11 is 0. The summed E-state index contributed by atoms with van der Waals surface area (Å²) in [5, 5.41) is 10.4. The highest BCUT2D eigenvalue weighted by Crippen LogP contribution is 2.18. The molecule has 16 heavy (non-hydrogen) atoms. The minimum atomic E-state index is -0.442. The molecule has 0 saturated carbocycles. The van der Waals surface area contributed by atoms with Gasteiger partial charge in [-0.25, -0.2) is 0 Å². The molecular weight excluding hydrogens is 208 g/mol. The van der Waals surface area contributed by atoms with Crippen LogP contribution in [0.2, 0.25) is 0 Å². The first-order valence-corrected chi connectivity index (χ1v) is 5.11. The molecule has 0 radical (unpaired) electrons. The fraction of sp³-hybridized carbons (Fsp3) is 0.455. The van der Waals surface area contributed by atoms with Gasteiger partial charge in [-0.05, 0) is 25.5 Å². The van der Waals surface area contributed by atoms with Crippen LogP contribution >= 0.6 is 0 Å². The molecule has 88 valence electrons. The Kier molecular flexibility index (Phi) is 3.84. The van der Waals surface area contributed by atoms with Crippen molar-refractivity contribution < 1.29 is 9.66 Å². The van der Waals surface area contributed by atoms with Crippen molar-refractivity contribution in [1.29, 1.82) is 0 Å². The number of nitrogens with two attached hydrogens (primary N) is 1. The van der Waals surface area contributed by atoms with Crippen LogP contribution in [0, 0.1) is 10.1 Å². The van der Waals surface area contributed by atoms with Gasteiger partial charge in [-0.1, -0.05) is 6.92 Å². The number of nitro benzene ring substituents is 1. The number of rotatable bonds is 5. The van der Waals surface area contributed by atoms with E-state index in [1.54, 1.807) is 12.1 Å². The number of ether oxygens (including phenoxy) is 1. The molecule has 0 aliphatic carbocycles. The van der Waals surface area contributed by atoms with E-state index in [4.69, 9.17) is 10.5 Å². The Hall–Kier alpha value is -1.62. The van der Waals surface area contributed by atoms with Crippen LogP contribution in [0.15, 0.2) is 24.3 Å². The molecular formula is C11H16N2O3. The molecule has 0 heterocycles. The normalized spacial score (nSPS) is 14.2. The first kappa shape index (κ1) is 12.4. The lowest BCUT2D eigenvalue weighted by molar-refractivity contribution is -0.384. The summed E-state index contributed by atoms with van der Waals surface area (Å²) in [7, 11) is 0. The van der Waals surface area contributed by atoms with Crippen molar-refractivity contribution in [3.8, 4) is 5.75 Å². The fourth-order valence-corrected chi connectivity index (χ4v) is 1.01. The molecule has 5 heteroatoms. The smallest absolute Gasteiger partial charge is 0.269 e. The molecule has 0 fully saturated rings. The second kappa shape index (κ2) is 4.94. The quantitative estimate of drug-likeness (QED) is 0.613. The van der Waals surface area contributed by atoms with Crippen LogP contribution in [0.3, 0.4) is 0 Å². The van der Waals surface area contributed by atoms with Gasteiger partial charge in [-0.2, -0.15) is 0 Å². The van der Waals surface area contributed by atoms with Gasteiger partial charge in [-0.3, -0.25) is 10.1 Å². The molecule has 1 rings (SSSR count). The van der Waals surface area contributed by atoms with E-state index in [0.717, 1.165) is 6.42 Å². The highest BCUT2D eigenvalue weighted by Gasteiger charge is 2.16.